The number of piperazine rings is 1. The van der Waals surface area contributed by atoms with Crippen LogP contribution in [-0.2, 0) is 0 Å². The molecule has 0 aliphatic carbocycles. The van der Waals surface area contributed by atoms with Crippen molar-refractivity contribution in [3.05, 3.63) is 45.6 Å². The van der Waals surface area contributed by atoms with Gasteiger partial charge in [-0.25, -0.2) is 4.98 Å². The highest BCUT2D eigenvalue weighted by molar-refractivity contribution is 6.36. The molecule has 4 rings (SSSR count). The Hall–Kier alpha value is -2.05. The van der Waals surface area contributed by atoms with Crippen molar-refractivity contribution < 1.29 is 4.79 Å². The molecular formula is C20H23Cl2N5O. The molecular weight excluding hydrogens is 397 g/mol. The van der Waals surface area contributed by atoms with E-state index in [9.17, 15) is 4.79 Å². The van der Waals surface area contributed by atoms with Crippen LogP contribution in [0.3, 0.4) is 0 Å². The molecule has 0 radical (unpaired) electrons. The van der Waals surface area contributed by atoms with Gasteiger partial charge in [-0.05, 0) is 38.0 Å². The summed E-state index contributed by atoms with van der Waals surface area (Å²) in [4.78, 5) is 28.5. The number of aromatic nitrogens is 2. The number of amides is 1. The van der Waals surface area contributed by atoms with Crippen molar-refractivity contribution in [2.24, 2.45) is 0 Å². The van der Waals surface area contributed by atoms with E-state index in [1.165, 1.54) is 12.8 Å². The third kappa shape index (κ3) is 4.03. The molecule has 1 amide bonds. The number of benzene rings is 1. The molecule has 8 heteroatoms. The average Bonchev–Trinajstić information content (AvgIpc) is 3.22. The van der Waals surface area contributed by atoms with Gasteiger partial charge in [0.1, 0.15) is 5.82 Å². The summed E-state index contributed by atoms with van der Waals surface area (Å²) in [5.74, 6) is 1.69. The molecule has 28 heavy (non-hydrogen) atoms. The number of anilines is 2. The van der Waals surface area contributed by atoms with Gasteiger partial charge in [-0.15, -0.1) is 0 Å². The Morgan fingerprint density at radius 1 is 0.929 bits per heavy atom. The molecule has 2 fully saturated rings. The van der Waals surface area contributed by atoms with Crippen LogP contribution >= 0.6 is 23.2 Å². The van der Waals surface area contributed by atoms with Crippen LogP contribution in [0.15, 0.2) is 24.3 Å². The largest absolute Gasteiger partial charge is 0.356 e. The van der Waals surface area contributed by atoms with Gasteiger partial charge in [-0.1, -0.05) is 23.2 Å². The lowest BCUT2D eigenvalue weighted by molar-refractivity contribution is 0.0746. The van der Waals surface area contributed by atoms with Crippen molar-refractivity contribution in [1.29, 1.82) is 0 Å². The van der Waals surface area contributed by atoms with E-state index < -0.39 is 0 Å². The number of carbonyl (C=O) groups excluding carboxylic acids is 1. The summed E-state index contributed by atoms with van der Waals surface area (Å²) in [7, 11) is 0. The lowest BCUT2D eigenvalue weighted by atomic mass is 10.2. The molecule has 0 N–H and O–H groups in total. The summed E-state index contributed by atoms with van der Waals surface area (Å²) in [6.45, 7) is 6.72. The summed E-state index contributed by atoms with van der Waals surface area (Å²) in [5, 5.41) is 0.911. The number of hydrogen-bond acceptors (Lipinski definition) is 5. The monoisotopic (exact) mass is 419 g/mol. The summed E-state index contributed by atoms with van der Waals surface area (Å²) in [6, 6.07) is 7.03. The van der Waals surface area contributed by atoms with E-state index in [-0.39, 0.29) is 5.91 Å². The molecule has 0 spiro atoms. The minimum Gasteiger partial charge on any atom is -0.356 e. The molecule has 2 aliphatic rings. The first-order valence-corrected chi connectivity index (χ1v) is 10.4. The van der Waals surface area contributed by atoms with Crippen LogP contribution in [0.1, 0.15) is 28.9 Å². The molecule has 6 nitrogen and oxygen atoms in total. The highest BCUT2D eigenvalue weighted by Crippen LogP contribution is 2.24. The van der Waals surface area contributed by atoms with Gasteiger partial charge >= 0.3 is 0 Å². The quantitative estimate of drug-likeness (QED) is 0.759. The zero-order valence-electron chi connectivity index (χ0n) is 15.9. The maximum atomic E-state index is 12.8. The van der Waals surface area contributed by atoms with Gasteiger partial charge in [-0.2, -0.15) is 4.98 Å². The fourth-order valence-electron chi connectivity index (χ4n) is 3.73. The number of aryl methyl sites for hydroxylation is 1. The zero-order valence-corrected chi connectivity index (χ0v) is 17.4. The second-order valence-electron chi connectivity index (χ2n) is 7.27. The number of carbonyl (C=O) groups is 1. The van der Waals surface area contributed by atoms with Crippen LogP contribution in [0, 0.1) is 6.92 Å². The maximum absolute atomic E-state index is 12.8. The second kappa shape index (κ2) is 8.13. The van der Waals surface area contributed by atoms with E-state index in [2.05, 4.69) is 20.9 Å². The first-order valence-electron chi connectivity index (χ1n) is 9.61. The number of rotatable bonds is 3. The maximum Gasteiger partial charge on any atom is 0.255 e. The Labute approximate surface area is 175 Å². The molecule has 1 aromatic carbocycles. The van der Waals surface area contributed by atoms with Gasteiger partial charge < -0.3 is 14.7 Å². The van der Waals surface area contributed by atoms with Gasteiger partial charge in [0.15, 0.2) is 0 Å². The predicted octanol–water partition coefficient (Wildman–Crippen LogP) is 3.65. The first kappa shape index (κ1) is 19.3. The van der Waals surface area contributed by atoms with Crippen molar-refractivity contribution in [2.45, 2.75) is 19.8 Å². The molecule has 2 aromatic rings. The van der Waals surface area contributed by atoms with E-state index in [1.807, 2.05) is 11.8 Å². The molecule has 1 aromatic heterocycles. The topological polar surface area (TPSA) is 52.6 Å². The Kier molecular flexibility index (Phi) is 5.60. The molecule has 0 atom stereocenters. The zero-order chi connectivity index (χ0) is 19.7. The fraction of sp³-hybridized carbons (Fsp3) is 0.450. The van der Waals surface area contributed by atoms with E-state index >= 15 is 0 Å². The van der Waals surface area contributed by atoms with Crippen molar-refractivity contribution in [3.8, 4) is 0 Å². The predicted molar refractivity (Wildman–Crippen MR) is 113 cm³/mol. The van der Waals surface area contributed by atoms with E-state index in [0.717, 1.165) is 30.5 Å². The van der Waals surface area contributed by atoms with E-state index in [0.29, 0.717) is 41.8 Å². The fourth-order valence-corrected chi connectivity index (χ4v) is 4.22. The highest BCUT2D eigenvalue weighted by atomic mass is 35.5. The summed E-state index contributed by atoms with van der Waals surface area (Å²) < 4.78 is 0. The summed E-state index contributed by atoms with van der Waals surface area (Å²) in [5.41, 5.74) is 1.46. The Morgan fingerprint density at radius 2 is 1.64 bits per heavy atom. The van der Waals surface area contributed by atoms with Crippen LogP contribution in [0.4, 0.5) is 11.8 Å². The van der Waals surface area contributed by atoms with E-state index in [1.54, 1.807) is 18.2 Å². The normalized spacial score (nSPS) is 17.3. The molecule has 0 bridgehead atoms. The van der Waals surface area contributed by atoms with Gasteiger partial charge in [0, 0.05) is 56.1 Å². The smallest absolute Gasteiger partial charge is 0.255 e. The third-order valence-electron chi connectivity index (χ3n) is 5.27. The molecule has 0 unspecified atom stereocenters. The second-order valence-corrected chi connectivity index (χ2v) is 8.11. The van der Waals surface area contributed by atoms with Crippen LogP contribution in [0.5, 0.6) is 0 Å². The van der Waals surface area contributed by atoms with Crippen molar-refractivity contribution in [3.63, 3.8) is 0 Å². The highest BCUT2D eigenvalue weighted by Gasteiger charge is 2.26. The molecule has 3 heterocycles. The Morgan fingerprint density at radius 3 is 2.32 bits per heavy atom. The van der Waals surface area contributed by atoms with Crippen molar-refractivity contribution in [2.75, 3.05) is 49.1 Å². The summed E-state index contributed by atoms with van der Waals surface area (Å²) in [6.07, 6.45) is 2.43. The van der Waals surface area contributed by atoms with Gasteiger partial charge in [-0.3, -0.25) is 4.79 Å². The first-order chi connectivity index (χ1) is 13.5. The summed E-state index contributed by atoms with van der Waals surface area (Å²) >= 11 is 12.1. The lowest BCUT2D eigenvalue weighted by Crippen LogP contribution is -2.49. The Bertz CT molecular complexity index is 877. The SMILES string of the molecule is Cc1cc(N2CCCC2)nc(N2CCN(C(=O)c3ccc(Cl)cc3Cl)CC2)n1. The van der Waals surface area contributed by atoms with Crippen molar-refractivity contribution in [1.82, 2.24) is 14.9 Å². The standard InChI is InChI=1S/C20H23Cl2N5O/c1-14-12-18(25-6-2-3-7-25)24-20(23-14)27-10-8-26(9-11-27)19(28)16-5-4-15(21)13-17(16)22/h4-5,12-13H,2-3,6-11H2,1H3. The minimum atomic E-state index is -0.0655. The lowest BCUT2D eigenvalue weighted by Gasteiger charge is -2.35. The van der Waals surface area contributed by atoms with Gasteiger partial charge in [0.25, 0.3) is 5.91 Å². The molecule has 2 aliphatic heterocycles. The number of halogens is 2. The Balaban J connectivity index is 1.44. The van der Waals surface area contributed by atoms with Crippen LogP contribution in [0.25, 0.3) is 0 Å². The minimum absolute atomic E-state index is 0.0655. The van der Waals surface area contributed by atoms with Crippen LogP contribution in [0.2, 0.25) is 10.0 Å². The molecule has 0 saturated carbocycles. The number of hydrogen-bond donors (Lipinski definition) is 0. The van der Waals surface area contributed by atoms with Gasteiger partial charge in [0.05, 0.1) is 10.6 Å². The average molecular weight is 420 g/mol. The van der Waals surface area contributed by atoms with E-state index in [4.69, 9.17) is 28.2 Å². The third-order valence-corrected chi connectivity index (χ3v) is 5.82. The number of nitrogens with zero attached hydrogens (tertiary/aromatic N) is 5. The molecule has 2 saturated heterocycles. The van der Waals surface area contributed by atoms with Crippen LogP contribution < -0.4 is 9.80 Å². The van der Waals surface area contributed by atoms with Gasteiger partial charge in [0.2, 0.25) is 5.95 Å². The van der Waals surface area contributed by atoms with Crippen LogP contribution in [-0.4, -0.2) is 60.0 Å². The van der Waals surface area contributed by atoms with Crippen molar-refractivity contribution >= 4 is 40.9 Å². The molecule has 148 valence electrons.